The van der Waals surface area contributed by atoms with E-state index in [1.807, 2.05) is 13.8 Å². The Kier molecular flexibility index (Phi) is 6.55. The van der Waals surface area contributed by atoms with Crippen molar-refractivity contribution in [3.8, 4) is 0 Å². The molecule has 92 valence electrons. The van der Waals surface area contributed by atoms with E-state index in [0.717, 1.165) is 0 Å². The largest absolute Gasteiger partial charge is 0.411 e. The van der Waals surface area contributed by atoms with E-state index in [9.17, 15) is 13.2 Å². The Bertz CT molecular complexity index is 173. The van der Waals surface area contributed by atoms with Crippen molar-refractivity contribution < 1.29 is 17.9 Å². The fourth-order valence-corrected chi connectivity index (χ4v) is 0.901. The lowest BCUT2D eigenvalue weighted by molar-refractivity contribution is -0.173. The van der Waals surface area contributed by atoms with Gasteiger partial charge < -0.3 is 10.1 Å². The van der Waals surface area contributed by atoms with Crippen molar-refractivity contribution in [2.24, 2.45) is 5.41 Å². The summed E-state index contributed by atoms with van der Waals surface area (Å²) in [5.41, 5.74) is -0.0500. The highest BCUT2D eigenvalue weighted by atomic mass is 35.5. The zero-order valence-electron chi connectivity index (χ0n) is 8.96. The molecule has 0 aliphatic carbocycles. The second kappa shape index (κ2) is 6.55. The Hall–Kier alpha value is -0.0000000000000000555. The molecular weight excluding hydrogens is 231 g/mol. The van der Waals surface area contributed by atoms with Crippen molar-refractivity contribution in [1.29, 1.82) is 0 Å². The smallest absolute Gasteiger partial charge is 0.371 e. The molecule has 0 aromatic carbocycles. The molecule has 2 nitrogen and oxygen atoms in total. The van der Waals surface area contributed by atoms with Gasteiger partial charge in [0.1, 0.15) is 6.61 Å². The Morgan fingerprint density at radius 3 is 2.33 bits per heavy atom. The Morgan fingerprint density at radius 1 is 1.27 bits per heavy atom. The fraction of sp³-hybridized carbons (Fsp3) is 1.00. The van der Waals surface area contributed by atoms with Crippen molar-refractivity contribution in [3.05, 3.63) is 0 Å². The van der Waals surface area contributed by atoms with Crippen LogP contribution in [0.5, 0.6) is 0 Å². The van der Waals surface area contributed by atoms with Crippen LogP contribution in [0.15, 0.2) is 0 Å². The molecule has 0 spiro atoms. The summed E-state index contributed by atoms with van der Waals surface area (Å²) in [5, 5.41) is 2.99. The summed E-state index contributed by atoms with van der Waals surface area (Å²) in [6, 6.07) is 0. The topological polar surface area (TPSA) is 21.3 Å². The minimum Gasteiger partial charge on any atom is -0.371 e. The van der Waals surface area contributed by atoms with Gasteiger partial charge in [-0.1, -0.05) is 13.8 Å². The molecule has 0 bridgehead atoms. The van der Waals surface area contributed by atoms with Gasteiger partial charge in [-0.2, -0.15) is 13.2 Å². The number of hydrogen-bond acceptors (Lipinski definition) is 2. The molecule has 0 aromatic rings. The molecule has 6 heteroatoms. The van der Waals surface area contributed by atoms with Crippen LogP contribution in [0.1, 0.15) is 13.8 Å². The molecule has 0 aliphatic rings. The molecule has 0 saturated heterocycles. The van der Waals surface area contributed by atoms with Crippen LogP contribution >= 0.6 is 11.6 Å². The van der Waals surface area contributed by atoms with Gasteiger partial charge in [-0.15, -0.1) is 11.6 Å². The molecule has 0 aromatic heterocycles. The molecule has 1 N–H and O–H groups in total. The first-order valence-corrected chi connectivity index (χ1v) is 5.21. The summed E-state index contributed by atoms with van der Waals surface area (Å²) < 4.78 is 39.4. The highest BCUT2D eigenvalue weighted by molar-refractivity contribution is 6.18. The third kappa shape index (κ3) is 10.3. The molecule has 15 heavy (non-hydrogen) atoms. The van der Waals surface area contributed by atoms with E-state index in [2.05, 4.69) is 10.1 Å². The van der Waals surface area contributed by atoms with Crippen molar-refractivity contribution in [1.82, 2.24) is 5.32 Å². The SMILES string of the molecule is CC(C)(CCl)CNCCOCC(F)(F)F. The van der Waals surface area contributed by atoms with E-state index < -0.39 is 12.8 Å². The van der Waals surface area contributed by atoms with Gasteiger partial charge in [0.05, 0.1) is 6.61 Å². The van der Waals surface area contributed by atoms with E-state index in [4.69, 9.17) is 11.6 Å². The predicted octanol–water partition coefficient (Wildman–Crippen LogP) is 2.42. The molecule has 0 rings (SSSR count). The Morgan fingerprint density at radius 2 is 1.87 bits per heavy atom. The molecule has 0 atom stereocenters. The van der Waals surface area contributed by atoms with Crippen LogP contribution in [-0.4, -0.2) is 38.4 Å². The van der Waals surface area contributed by atoms with Gasteiger partial charge in [0.2, 0.25) is 0 Å². The summed E-state index contributed by atoms with van der Waals surface area (Å²) >= 11 is 5.67. The number of hydrogen-bond donors (Lipinski definition) is 1. The van der Waals surface area contributed by atoms with Crippen molar-refractivity contribution in [3.63, 3.8) is 0 Å². The summed E-state index contributed by atoms with van der Waals surface area (Å²) in [5.74, 6) is 0.503. The summed E-state index contributed by atoms with van der Waals surface area (Å²) in [7, 11) is 0. The second-order valence-corrected chi connectivity index (χ2v) is 4.41. The minimum absolute atomic E-state index is 0.0500. The van der Waals surface area contributed by atoms with Gasteiger partial charge in [-0.25, -0.2) is 0 Å². The molecule has 0 aliphatic heterocycles. The Labute approximate surface area is 93.1 Å². The van der Waals surface area contributed by atoms with Gasteiger partial charge in [0, 0.05) is 19.0 Å². The molecular formula is C9H17ClF3NO. The van der Waals surface area contributed by atoms with Gasteiger partial charge in [-0.05, 0) is 5.41 Å². The molecule has 0 radical (unpaired) electrons. The van der Waals surface area contributed by atoms with Crippen LogP contribution in [0.2, 0.25) is 0 Å². The van der Waals surface area contributed by atoms with E-state index in [0.29, 0.717) is 19.0 Å². The van der Waals surface area contributed by atoms with Crippen LogP contribution in [0, 0.1) is 5.41 Å². The number of ether oxygens (including phenoxy) is 1. The second-order valence-electron chi connectivity index (χ2n) is 4.14. The lowest BCUT2D eigenvalue weighted by Crippen LogP contribution is -2.33. The first kappa shape index (κ1) is 15.0. The highest BCUT2D eigenvalue weighted by Gasteiger charge is 2.27. The van der Waals surface area contributed by atoms with Crippen molar-refractivity contribution in [2.45, 2.75) is 20.0 Å². The lowest BCUT2D eigenvalue weighted by atomic mass is 9.97. The average molecular weight is 248 g/mol. The normalized spacial score (nSPS) is 13.2. The average Bonchev–Trinajstić information content (AvgIpc) is 2.09. The molecule has 0 saturated carbocycles. The third-order valence-electron chi connectivity index (χ3n) is 1.65. The van der Waals surface area contributed by atoms with Gasteiger partial charge in [0.15, 0.2) is 0 Å². The molecule has 0 amide bonds. The maximum absolute atomic E-state index is 11.6. The number of nitrogens with one attached hydrogen (secondary N) is 1. The zero-order valence-corrected chi connectivity index (χ0v) is 9.71. The van der Waals surface area contributed by atoms with Gasteiger partial charge in [0.25, 0.3) is 0 Å². The van der Waals surface area contributed by atoms with Crippen LogP contribution in [0.4, 0.5) is 13.2 Å². The predicted molar refractivity (Wildman–Crippen MR) is 54.2 cm³/mol. The summed E-state index contributed by atoms with van der Waals surface area (Å²) in [6.45, 7) is 3.88. The van der Waals surface area contributed by atoms with Gasteiger partial charge in [-0.3, -0.25) is 0 Å². The maximum atomic E-state index is 11.6. The summed E-state index contributed by atoms with van der Waals surface area (Å²) in [4.78, 5) is 0. The highest BCUT2D eigenvalue weighted by Crippen LogP contribution is 2.15. The van der Waals surface area contributed by atoms with E-state index >= 15 is 0 Å². The quantitative estimate of drug-likeness (QED) is 0.551. The van der Waals surface area contributed by atoms with E-state index in [1.165, 1.54) is 0 Å². The molecule has 0 unspecified atom stereocenters. The minimum atomic E-state index is -4.24. The standard InChI is InChI=1S/C9H17ClF3NO/c1-8(2,5-10)6-14-3-4-15-7-9(11,12)13/h14H,3-7H2,1-2H3. The molecule has 0 fully saturated rings. The van der Waals surface area contributed by atoms with Crippen LogP contribution in [0.3, 0.4) is 0 Å². The number of alkyl halides is 4. The summed E-state index contributed by atoms with van der Waals surface area (Å²) in [6.07, 6.45) is -4.24. The van der Waals surface area contributed by atoms with E-state index in [1.54, 1.807) is 0 Å². The van der Waals surface area contributed by atoms with Crippen LogP contribution < -0.4 is 5.32 Å². The Balaban J connectivity index is 3.33. The van der Waals surface area contributed by atoms with E-state index in [-0.39, 0.29) is 12.0 Å². The van der Waals surface area contributed by atoms with Crippen molar-refractivity contribution in [2.75, 3.05) is 32.2 Å². The zero-order chi connectivity index (χ0) is 11.9. The fourth-order valence-electron chi connectivity index (χ4n) is 0.806. The first-order valence-electron chi connectivity index (χ1n) is 4.68. The maximum Gasteiger partial charge on any atom is 0.411 e. The third-order valence-corrected chi connectivity index (χ3v) is 2.38. The van der Waals surface area contributed by atoms with Gasteiger partial charge >= 0.3 is 6.18 Å². The number of halogens is 4. The lowest BCUT2D eigenvalue weighted by Gasteiger charge is -2.21. The van der Waals surface area contributed by atoms with Crippen LogP contribution in [-0.2, 0) is 4.74 Å². The van der Waals surface area contributed by atoms with Crippen molar-refractivity contribution >= 4 is 11.6 Å². The monoisotopic (exact) mass is 247 g/mol. The molecule has 0 heterocycles. The van der Waals surface area contributed by atoms with Crippen LogP contribution in [0.25, 0.3) is 0 Å². The first-order chi connectivity index (χ1) is 6.77. The number of rotatable bonds is 7.